The van der Waals surface area contributed by atoms with E-state index in [2.05, 4.69) is 311 Å². The Morgan fingerprint density at radius 3 is 1.28 bits per heavy atom. The van der Waals surface area contributed by atoms with Crippen LogP contribution in [0.1, 0.15) is 139 Å². The molecule has 0 spiro atoms. The van der Waals surface area contributed by atoms with Crippen molar-refractivity contribution in [3.05, 3.63) is 354 Å². The number of hydrogen-bond acceptors (Lipinski definition) is 4. The van der Waals surface area contributed by atoms with E-state index >= 15 is 0 Å². The summed E-state index contributed by atoms with van der Waals surface area (Å²) in [7, 11) is 0. The number of anilines is 6. The summed E-state index contributed by atoms with van der Waals surface area (Å²) in [6.07, 6.45) is 0. The van der Waals surface area contributed by atoms with Gasteiger partial charge in [-0.3, -0.25) is 0 Å². The molecule has 18 aromatic rings. The van der Waals surface area contributed by atoms with E-state index in [1.165, 1.54) is 22.3 Å². The predicted octanol–water partition coefficient (Wildman–Crippen LogP) is 30.5. The number of fused-ring (bicyclic) bond motifs is 13. The molecule has 0 fully saturated rings. The van der Waals surface area contributed by atoms with Crippen molar-refractivity contribution in [1.82, 2.24) is 4.57 Å². The van der Waals surface area contributed by atoms with Crippen LogP contribution in [-0.2, 0) is 21.7 Å². The zero-order valence-electron chi connectivity index (χ0n) is 73.1. The fourth-order valence-electron chi connectivity index (χ4n) is 17.6. The lowest BCUT2D eigenvalue weighted by Crippen LogP contribution is -2.30. The molecule has 0 aliphatic carbocycles. The molecule has 15 aromatic carbocycles. The zero-order valence-corrected chi connectivity index (χ0v) is 65.1. The van der Waals surface area contributed by atoms with Gasteiger partial charge in [-0.1, -0.05) is 332 Å². The Kier molecular flexibility index (Phi) is 13.7. The smallest absolute Gasteiger partial charge is 0.145 e. The highest BCUT2D eigenvalue weighted by molar-refractivity contribution is 6.22. The van der Waals surface area contributed by atoms with Crippen molar-refractivity contribution in [3.8, 4) is 72.4 Å². The van der Waals surface area contributed by atoms with Gasteiger partial charge in [0.25, 0.3) is 0 Å². The van der Waals surface area contributed by atoms with Gasteiger partial charge in [0.15, 0.2) is 0 Å². The van der Waals surface area contributed by atoms with Crippen LogP contribution in [0.25, 0.3) is 138 Å². The second-order valence-electron chi connectivity index (χ2n) is 34.6. The van der Waals surface area contributed by atoms with E-state index in [1.54, 1.807) is 4.57 Å². The second kappa shape index (κ2) is 25.4. The van der Waals surface area contributed by atoms with Crippen LogP contribution in [0.3, 0.4) is 0 Å². The SMILES string of the molecule is [2H]c1c([2H])c([2H])c2c(c1[2H])c1c([2H])c([2H])c([2H])c([2H])c1n2-c1cc2c3c(c1)N(c1c(-c4ccccc4)cc4oc5ccccc5c4c1-c1ccccc1)c1ccc(-c4cc(C(C)(C)C)cc(C(C)(C)C)c4)cc1C3c1ccc(-c3cc(C(C)(C)C)cc(C(C)(C)C)c3)cc1N2c1c(-c2ccccc2)cc2c(oc3ccccc32)c1-c1ccccc1. The molecule has 5 nitrogen and oxygen atoms in total. The minimum absolute atomic E-state index is 0.00970. The minimum atomic E-state index is -0.614. The van der Waals surface area contributed by atoms with Crippen molar-refractivity contribution in [2.24, 2.45) is 0 Å². The zero-order chi connectivity index (χ0) is 83.4. The number of para-hydroxylation sites is 4. The van der Waals surface area contributed by atoms with Crippen LogP contribution in [0.15, 0.2) is 324 Å². The van der Waals surface area contributed by atoms with Crippen molar-refractivity contribution >= 4 is 99.8 Å². The Hall–Kier alpha value is -12.7. The Balaban J connectivity index is 1.06. The molecule has 5 heterocycles. The minimum Gasteiger partial charge on any atom is -0.456 e. The normalized spacial score (nSPS) is 14.8. The van der Waals surface area contributed by atoms with Crippen molar-refractivity contribution in [2.75, 3.05) is 9.80 Å². The third-order valence-corrected chi connectivity index (χ3v) is 23.4. The summed E-state index contributed by atoms with van der Waals surface area (Å²) in [5.41, 5.74) is 25.7. The van der Waals surface area contributed by atoms with E-state index in [9.17, 15) is 11.0 Å². The van der Waals surface area contributed by atoms with Gasteiger partial charge in [0, 0.05) is 66.1 Å². The highest BCUT2D eigenvalue weighted by atomic mass is 16.3. The molecule has 0 radical (unpaired) electrons. The molecule has 112 heavy (non-hydrogen) atoms. The molecule has 2 aliphatic heterocycles. The highest BCUT2D eigenvalue weighted by Gasteiger charge is 2.45. The van der Waals surface area contributed by atoms with Crippen molar-refractivity contribution in [2.45, 2.75) is 111 Å². The molecule has 3 aromatic heterocycles. The molecule has 0 bridgehead atoms. The van der Waals surface area contributed by atoms with E-state index in [4.69, 9.17) is 8.83 Å². The summed E-state index contributed by atoms with van der Waals surface area (Å²) in [6.45, 7) is 27.4. The van der Waals surface area contributed by atoms with Crippen LogP contribution >= 0.6 is 0 Å². The Labute approximate surface area is 667 Å². The molecule has 5 heteroatoms. The van der Waals surface area contributed by atoms with Gasteiger partial charge in [0.2, 0.25) is 0 Å². The Morgan fingerprint density at radius 1 is 0.304 bits per heavy atom. The monoisotopic (exact) mass is 1460 g/mol. The molecule has 544 valence electrons. The average molecular weight is 1460 g/mol. The Bertz CT molecular complexity index is 7220. The predicted molar refractivity (Wildman–Crippen MR) is 473 cm³/mol. The third-order valence-electron chi connectivity index (χ3n) is 23.4. The molecule has 0 saturated heterocycles. The highest BCUT2D eigenvalue weighted by Crippen LogP contribution is 2.66. The molecule has 1 atom stereocenters. The molecule has 1 unspecified atom stereocenters. The van der Waals surface area contributed by atoms with E-state index in [-0.39, 0.29) is 43.5 Å². The topological polar surface area (TPSA) is 37.7 Å². The number of aromatic nitrogens is 1. The van der Waals surface area contributed by atoms with Gasteiger partial charge in [-0.15, -0.1) is 0 Å². The van der Waals surface area contributed by atoms with E-state index in [0.717, 1.165) is 128 Å². The van der Waals surface area contributed by atoms with E-state index in [0.29, 0.717) is 39.4 Å². The van der Waals surface area contributed by atoms with Crippen LogP contribution < -0.4 is 9.80 Å². The summed E-state index contributed by atoms with van der Waals surface area (Å²) in [6, 6.07) is 91.9. The maximum atomic E-state index is 10.3. The quantitative estimate of drug-likeness (QED) is 0.144. The molecule has 2 aliphatic rings. The van der Waals surface area contributed by atoms with Gasteiger partial charge < -0.3 is 23.2 Å². The Morgan fingerprint density at radius 2 is 0.741 bits per heavy atom. The standard InChI is InChI=1S/C107H89N3O2/c1-104(2,3)73-53-71(54-74(59-73)105(4,5)6)69-50-52-89-86(57-69)98-81-51-49-70(72-55-75(106(7,8)9)60-76(56-72)107(10,11)12)58-90(81)110(102-83(65-33-17-13-18-34-65)63-85-80-43-27-31-47-93(80)112-103(85)97(102)68-39-23-16-24-40-68)92-62-77(108-87-45-29-25-41-78(87)79-42-26-30-46-88(79)108)61-91(100(92)98)109(89)101-84(66-35-19-14-20-36-66)64-95-99(82-44-28-32-48-94(82)111-95)96(101)67-37-21-15-22-38-67/h13-64,98H,1-12H3/i25D,26D,29D,30D,41D,42D,45D,46D. The first-order valence-electron chi connectivity index (χ1n) is 43.0. The van der Waals surface area contributed by atoms with Gasteiger partial charge in [-0.25, -0.2) is 0 Å². The van der Waals surface area contributed by atoms with Crippen LogP contribution in [0, 0.1) is 0 Å². The molecule has 0 amide bonds. The van der Waals surface area contributed by atoms with Crippen LogP contribution in [0.5, 0.6) is 0 Å². The summed E-state index contributed by atoms with van der Waals surface area (Å²) in [5.74, 6) is -0.614. The first-order chi connectivity index (χ1) is 57.4. The van der Waals surface area contributed by atoms with Gasteiger partial charge >= 0.3 is 0 Å². The molecular formula is C107H89N3O2. The first kappa shape index (κ1) is 60.2. The largest absolute Gasteiger partial charge is 0.456 e. The summed E-state index contributed by atoms with van der Waals surface area (Å²) >= 11 is 0. The van der Waals surface area contributed by atoms with Gasteiger partial charge in [0.05, 0.1) is 61.8 Å². The molecular weight excluding hydrogens is 1360 g/mol. The number of benzene rings is 15. The van der Waals surface area contributed by atoms with E-state index in [1.807, 2.05) is 48.5 Å². The lowest BCUT2D eigenvalue weighted by Gasteiger charge is -2.47. The van der Waals surface area contributed by atoms with Crippen LogP contribution in [0.2, 0.25) is 0 Å². The van der Waals surface area contributed by atoms with Crippen LogP contribution in [-0.4, -0.2) is 4.57 Å². The van der Waals surface area contributed by atoms with Gasteiger partial charge in [0.1, 0.15) is 22.3 Å². The lowest BCUT2D eigenvalue weighted by molar-refractivity contribution is 0.568. The van der Waals surface area contributed by atoms with Crippen LogP contribution in [0.4, 0.5) is 34.1 Å². The summed E-state index contributed by atoms with van der Waals surface area (Å²) < 4.78 is 95.2. The third kappa shape index (κ3) is 11.1. The average Bonchev–Trinajstić information content (AvgIpc) is 0.887. The van der Waals surface area contributed by atoms with Crippen molar-refractivity contribution < 1.29 is 19.8 Å². The molecule has 0 saturated carbocycles. The van der Waals surface area contributed by atoms with Crippen molar-refractivity contribution in [3.63, 3.8) is 0 Å². The second-order valence-corrected chi connectivity index (χ2v) is 34.6. The fourth-order valence-corrected chi connectivity index (χ4v) is 17.6. The number of furan rings is 2. The van der Waals surface area contributed by atoms with E-state index < -0.39 is 54.3 Å². The molecule has 0 N–H and O–H groups in total. The summed E-state index contributed by atoms with van der Waals surface area (Å²) in [4.78, 5) is 4.89. The van der Waals surface area contributed by atoms with Gasteiger partial charge in [-0.05, 0) is 166 Å². The first-order valence-corrected chi connectivity index (χ1v) is 39.0. The van der Waals surface area contributed by atoms with Crippen molar-refractivity contribution in [1.29, 1.82) is 0 Å². The number of rotatable bonds is 9. The van der Waals surface area contributed by atoms with Gasteiger partial charge in [-0.2, -0.15) is 0 Å². The lowest BCUT2D eigenvalue weighted by atomic mass is 9.73. The summed E-state index contributed by atoms with van der Waals surface area (Å²) in [5, 5.41) is 3.60. The molecule has 20 rings (SSSR count). The number of nitrogens with zero attached hydrogens (tertiary/aromatic N) is 3. The number of hydrogen-bond donors (Lipinski definition) is 0. The maximum Gasteiger partial charge on any atom is 0.145 e. The fraction of sp³-hybridized carbons (Fsp3) is 0.159. The maximum absolute atomic E-state index is 10.3.